The lowest BCUT2D eigenvalue weighted by Gasteiger charge is -2.59. The van der Waals surface area contributed by atoms with Crippen LogP contribution in [-0.4, -0.2) is 36.4 Å². The van der Waals surface area contributed by atoms with Crippen LogP contribution in [0.15, 0.2) is 23.8 Å². The van der Waals surface area contributed by atoms with E-state index in [1.54, 1.807) is 6.08 Å². The standard InChI is InChI=1S/C24H38O5/c1-16-8-7-9-22-23(16,5)12-10-17(2)24(22,6)14-21(29-19(4)27)20(11-13-25)15-28-18(3)26/h11,17,21-22,25H,1,7-10,12-15H2,2-6H3/b20-11+/t17-,21-,22+,23+,24+/m1/s1. The highest BCUT2D eigenvalue weighted by Gasteiger charge is 2.54. The summed E-state index contributed by atoms with van der Waals surface area (Å²) in [6.45, 7) is 14.0. The van der Waals surface area contributed by atoms with Crippen LogP contribution >= 0.6 is 0 Å². The summed E-state index contributed by atoms with van der Waals surface area (Å²) in [5.41, 5.74) is 2.05. The first kappa shape index (κ1) is 23.7. The SMILES string of the molecule is C=C1CCC[C@@H]2[C@@](C)(C[C@@H](OC(C)=O)/C(=C/CO)COC(C)=O)[C@H](C)CC[C@@]12C. The molecule has 29 heavy (non-hydrogen) atoms. The molecular weight excluding hydrogens is 368 g/mol. The fraction of sp³-hybridized carbons (Fsp3) is 0.750. The van der Waals surface area contributed by atoms with E-state index in [9.17, 15) is 14.7 Å². The highest BCUT2D eigenvalue weighted by molar-refractivity contribution is 5.67. The van der Waals surface area contributed by atoms with Crippen LogP contribution in [-0.2, 0) is 19.1 Å². The number of aliphatic hydroxyl groups is 1. The number of esters is 2. The molecule has 0 aliphatic heterocycles. The Labute approximate surface area is 175 Å². The van der Waals surface area contributed by atoms with Crippen molar-refractivity contribution < 1.29 is 24.2 Å². The minimum Gasteiger partial charge on any atom is -0.461 e. The summed E-state index contributed by atoms with van der Waals surface area (Å²) in [6, 6.07) is 0. The highest BCUT2D eigenvalue weighted by Crippen LogP contribution is 2.63. The number of hydrogen-bond donors (Lipinski definition) is 1. The predicted octanol–water partition coefficient (Wildman–Crippen LogP) is 4.59. The van der Waals surface area contributed by atoms with Gasteiger partial charge < -0.3 is 14.6 Å². The van der Waals surface area contributed by atoms with Gasteiger partial charge in [-0.25, -0.2) is 0 Å². The van der Waals surface area contributed by atoms with Crippen LogP contribution < -0.4 is 0 Å². The molecule has 0 spiro atoms. The normalized spacial score (nSPS) is 33.6. The number of carbonyl (C=O) groups excluding carboxylic acids is 2. The van der Waals surface area contributed by atoms with E-state index in [-0.39, 0.29) is 30.0 Å². The Morgan fingerprint density at radius 3 is 2.55 bits per heavy atom. The van der Waals surface area contributed by atoms with Gasteiger partial charge in [0.05, 0.1) is 6.61 Å². The van der Waals surface area contributed by atoms with Gasteiger partial charge in [-0.05, 0) is 61.2 Å². The molecule has 5 heteroatoms. The minimum absolute atomic E-state index is 0.0208. The Morgan fingerprint density at radius 2 is 1.97 bits per heavy atom. The van der Waals surface area contributed by atoms with E-state index in [1.165, 1.54) is 19.4 Å². The molecule has 0 aromatic carbocycles. The number of ether oxygens (including phenoxy) is 2. The molecule has 0 unspecified atom stereocenters. The van der Waals surface area contributed by atoms with Gasteiger partial charge in [-0.2, -0.15) is 0 Å². The molecule has 0 bridgehead atoms. The quantitative estimate of drug-likeness (QED) is 0.494. The van der Waals surface area contributed by atoms with Crippen molar-refractivity contribution >= 4 is 11.9 Å². The zero-order valence-corrected chi connectivity index (χ0v) is 18.8. The summed E-state index contributed by atoms with van der Waals surface area (Å²) in [4.78, 5) is 23.2. The van der Waals surface area contributed by atoms with Gasteiger partial charge >= 0.3 is 11.9 Å². The van der Waals surface area contributed by atoms with Crippen molar-refractivity contribution in [2.24, 2.45) is 22.7 Å². The second kappa shape index (κ2) is 9.46. The summed E-state index contributed by atoms with van der Waals surface area (Å²) >= 11 is 0. The van der Waals surface area contributed by atoms with Gasteiger partial charge in [0.15, 0.2) is 0 Å². The summed E-state index contributed by atoms with van der Waals surface area (Å²) in [5.74, 6) is 0.157. The van der Waals surface area contributed by atoms with Crippen LogP contribution in [0.1, 0.15) is 73.1 Å². The number of fused-ring (bicyclic) bond motifs is 1. The first-order chi connectivity index (χ1) is 13.5. The predicted molar refractivity (Wildman–Crippen MR) is 113 cm³/mol. The molecule has 0 amide bonds. The Kier molecular flexibility index (Phi) is 7.72. The zero-order chi connectivity index (χ0) is 21.8. The van der Waals surface area contributed by atoms with Crippen molar-refractivity contribution in [3.05, 3.63) is 23.8 Å². The molecule has 2 aliphatic carbocycles. The molecule has 5 atom stereocenters. The van der Waals surface area contributed by atoms with Gasteiger partial charge in [-0.1, -0.05) is 39.0 Å². The summed E-state index contributed by atoms with van der Waals surface area (Å²) in [5, 5.41) is 9.50. The topological polar surface area (TPSA) is 72.8 Å². The summed E-state index contributed by atoms with van der Waals surface area (Å²) in [7, 11) is 0. The summed E-state index contributed by atoms with van der Waals surface area (Å²) in [6.07, 6.45) is 7.37. The van der Waals surface area contributed by atoms with Crippen LogP contribution in [0.3, 0.4) is 0 Å². The number of allylic oxidation sites excluding steroid dienone is 1. The molecule has 2 saturated carbocycles. The van der Waals surface area contributed by atoms with Crippen molar-refractivity contribution in [1.82, 2.24) is 0 Å². The highest BCUT2D eigenvalue weighted by atomic mass is 16.6. The largest absolute Gasteiger partial charge is 0.461 e. The van der Waals surface area contributed by atoms with Crippen molar-refractivity contribution in [1.29, 1.82) is 0 Å². The van der Waals surface area contributed by atoms with Gasteiger partial charge in [-0.3, -0.25) is 9.59 Å². The Hall–Kier alpha value is -1.62. The lowest BCUT2D eigenvalue weighted by atomic mass is 9.46. The number of rotatable bonds is 7. The van der Waals surface area contributed by atoms with Crippen LogP contribution in [0, 0.1) is 22.7 Å². The van der Waals surface area contributed by atoms with E-state index in [0.29, 0.717) is 23.8 Å². The van der Waals surface area contributed by atoms with Crippen molar-refractivity contribution in [3.63, 3.8) is 0 Å². The molecule has 0 heterocycles. The van der Waals surface area contributed by atoms with Gasteiger partial charge in [0.1, 0.15) is 12.7 Å². The zero-order valence-electron chi connectivity index (χ0n) is 18.8. The molecule has 164 valence electrons. The molecule has 0 radical (unpaired) electrons. The van der Waals surface area contributed by atoms with Crippen molar-refractivity contribution in [2.45, 2.75) is 79.2 Å². The van der Waals surface area contributed by atoms with E-state index in [0.717, 1.165) is 32.1 Å². The third-order valence-electron chi connectivity index (χ3n) is 7.71. The third kappa shape index (κ3) is 5.11. The Morgan fingerprint density at radius 1 is 1.28 bits per heavy atom. The lowest BCUT2D eigenvalue weighted by molar-refractivity contribution is -0.150. The molecule has 1 N–H and O–H groups in total. The average molecular weight is 407 g/mol. The van der Waals surface area contributed by atoms with Gasteiger partial charge in [-0.15, -0.1) is 0 Å². The molecule has 2 fully saturated rings. The maximum absolute atomic E-state index is 11.9. The van der Waals surface area contributed by atoms with Crippen LogP contribution in [0.2, 0.25) is 0 Å². The molecular formula is C24H38O5. The number of aliphatic hydroxyl groups excluding tert-OH is 1. The first-order valence-corrected chi connectivity index (χ1v) is 10.8. The third-order valence-corrected chi connectivity index (χ3v) is 7.71. The number of carbonyl (C=O) groups is 2. The van der Waals surface area contributed by atoms with E-state index in [1.807, 2.05) is 0 Å². The fourth-order valence-electron chi connectivity index (χ4n) is 5.75. The second-order valence-corrected chi connectivity index (χ2v) is 9.46. The average Bonchev–Trinajstić information content (AvgIpc) is 2.63. The fourth-order valence-corrected chi connectivity index (χ4v) is 5.75. The minimum atomic E-state index is -0.524. The maximum atomic E-state index is 11.9. The van der Waals surface area contributed by atoms with Crippen molar-refractivity contribution in [2.75, 3.05) is 13.2 Å². The molecule has 0 saturated heterocycles. The van der Waals surface area contributed by atoms with Gasteiger partial charge in [0.2, 0.25) is 0 Å². The van der Waals surface area contributed by atoms with E-state index < -0.39 is 12.1 Å². The molecule has 0 aromatic rings. The van der Waals surface area contributed by atoms with E-state index >= 15 is 0 Å². The van der Waals surface area contributed by atoms with Crippen LogP contribution in [0.25, 0.3) is 0 Å². The second-order valence-electron chi connectivity index (χ2n) is 9.46. The monoisotopic (exact) mass is 406 g/mol. The first-order valence-electron chi connectivity index (χ1n) is 10.8. The Bertz CT molecular complexity index is 666. The number of hydrogen-bond acceptors (Lipinski definition) is 5. The van der Waals surface area contributed by atoms with Crippen LogP contribution in [0.5, 0.6) is 0 Å². The molecule has 2 rings (SSSR count). The molecule has 5 nitrogen and oxygen atoms in total. The molecule has 0 aromatic heterocycles. The molecule has 2 aliphatic rings. The van der Waals surface area contributed by atoms with Crippen LogP contribution in [0.4, 0.5) is 0 Å². The van der Waals surface area contributed by atoms with E-state index in [2.05, 4.69) is 27.4 Å². The van der Waals surface area contributed by atoms with E-state index in [4.69, 9.17) is 9.47 Å². The Balaban J connectivity index is 2.38. The van der Waals surface area contributed by atoms with Crippen molar-refractivity contribution in [3.8, 4) is 0 Å². The smallest absolute Gasteiger partial charge is 0.303 e. The maximum Gasteiger partial charge on any atom is 0.303 e. The summed E-state index contributed by atoms with van der Waals surface area (Å²) < 4.78 is 10.9. The lowest BCUT2D eigenvalue weighted by Crippen LogP contribution is -2.52. The van der Waals surface area contributed by atoms with Gasteiger partial charge in [0.25, 0.3) is 0 Å². The van der Waals surface area contributed by atoms with Gasteiger partial charge in [0, 0.05) is 19.4 Å².